The minimum Gasteiger partial charge on any atom is -0.482 e. The number of ether oxygens (including phenoxy) is 1. The second-order valence-electron chi connectivity index (χ2n) is 8.62. The van der Waals surface area contributed by atoms with Crippen LogP contribution >= 0.6 is 0 Å². The van der Waals surface area contributed by atoms with Crippen LogP contribution in [0.4, 0.5) is 4.39 Å². The van der Waals surface area contributed by atoms with Crippen LogP contribution < -0.4 is 10.1 Å². The van der Waals surface area contributed by atoms with Gasteiger partial charge < -0.3 is 15.0 Å². The van der Waals surface area contributed by atoms with Gasteiger partial charge in [-0.25, -0.2) is 4.39 Å². The molecule has 0 radical (unpaired) electrons. The number of hydrogen-bond acceptors (Lipinski definition) is 3. The number of hydrogen-bond donors (Lipinski definition) is 1. The molecule has 0 amide bonds. The Balaban J connectivity index is 1.79. The number of fused-ring (bicyclic) bond motifs is 1. The molecule has 0 aromatic heterocycles. The number of aryl methyl sites for hydroxylation is 1. The third-order valence-electron chi connectivity index (χ3n) is 6.63. The molecule has 0 saturated carbocycles. The normalized spacial score (nSPS) is 20.5. The smallest absolute Gasteiger partial charge is 0.129 e. The first kappa shape index (κ1) is 21.6. The molecule has 1 saturated heterocycles. The lowest BCUT2D eigenvalue weighted by Crippen LogP contribution is -2.37. The summed E-state index contributed by atoms with van der Waals surface area (Å²) in [5, 5.41) is 3.48. The molecule has 164 valence electrons. The average Bonchev–Trinajstić information content (AvgIpc) is 2.99. The van der Waals surface area contributed by atoms with Crippen molar-refractivity contribution in [2.45, 2.75) is 45.6 Å². The highest BCUT2D eigenvalue weighted by atomic mass is 19.1. The van der Waals surface area contributed by atoms with Crippen molar-refractivity contribution in [3.63, 3.8) is 0 Å². The fourth-order valence-electron chi connectivity index (χ4n) is 4.86. The molecule has 2 aliphatic rings. The maximum atomic E-state index is 14.2. The molecule has 2 aliphatic heterocycles. The van der Waals surface area contributed by atoms with E-state index >= 15 is 0 Å². The van der Waals surface area contributed by atoms with Crippen LogP contribution in [0.1, 0.15) is 55.4 Å². The first-order valence-corrected chi connectivity index (χ1v) is 11.4. The Morgan fingerprint density at radius 2 is 1.90 bits per heavy atom. The van der Waals surface area contributed by atoms with E-state index in [9.17, 15) is 4.39 Å². The molecule has 2 aromatic carbocycles. The van der Waals surface area contributed by atoms with Gasteiger partial charge in [0, 0.05) is 30.8 Å². The number of rotatable bonds is 5. The lowest BCUT2D eigenvalue weighted by Gasteiger charge is -2.37. The Bertz CT molecular complexity index is 998. The summed E-state index contributed by atoms with van der Waals surface area (Å²) >= 11 is 0. The minimum atomic E-state index is -0.348. The van der Waals surface area contributed by atoms with Crippen LogP contribution in [0.5, 0.6) is 5.75 Å². The topological polar surface area (TPSA) is 24.5 Å². The number of benzene rings is 2. The molecule has 1 N–H and O–H groups in total. The third-order valence-corrected chi connectivity index (χ3v) is 6.63. The highest BCUT2D eigenvalue weighted by Gasteiger charge is 2.36. The van der Waals surface area contributed by atoms with Crippen molar-refractivity contribution in [1.29, 1.82) is 0 Å². The maximum Gasteiger partial charge on any atom is 0.129 e. The van der Waals surface area contributed by atoms with Crippen LogP contribution in [-0.4, -0.2) is 36.7 Å². The summed E-state index contributed by atoms with van der Waals surface area (Å²) in [6.45, 7) is 14.5. The van der Waals surface area contributed by atoms with Gasteiger partial charge in [0.05, 0.1) is 0 Å². The van der Waals surface area contributed by atoms with Gasteiger partial charge in [-0.3, -0.25) is 0 Å². The molecule has 1 spiro atoms. The van der Waals surface area contributed by atoms with Crippen molar-refractivity contribution in [1.82, 2.24) is 10.2 Å². The van der Waals surface area contributed by atoms with Gasteiger partial charge >= 0.3 is 0 Å². The Morgan fingerprint density at radius 3 is 2.65 bits per heavy atom. The second-order valence-corrected chi connectivity index (χ2v) is 8.62. The first-order chi connectivity index (χ1) is 15.0. The Morgan fingerprint density at radius 1 is 1.10 bits per heavy atom. The molecule has 31 heavy (non-hydrogen) atoms. The van der Waals surface area contributed by atoms with Gasteiger partial charge in [-0.15, -0.1) is 0 Å². The molecule has 2 aromatic rings. The van der Waals surface area contributed by atoms with Gasteiger partial charge in [0.2, 0.25) is 0 Å². The predicted molar refractivity (Wildman–Crippen MR) is 127 cm³/mol. The molecule has 2 heterocycles. The molecule has 1 atom stereocenters. The zero-order valence-corrected chi connectivity index (χ0v) is 18.9. The van der Waals surface area contributed by atoms with Crippen molar-refractivity contribution >= 4 is 11.3 Å². The molecule has 4 rings (SSSR count). The standard InChI is InChI=1S/C27H33FN2O/c1-5-30(6-2)20(4)21-8-10-23(19(3)16-21)25-18-27(12-7-14-29-15-13-27)31-26-11-9-22(28)17-24(25)26/h8-11,16-18,29H,4-7,12-15H2,1-3H3. The number of halogens is 1. The Labute approximate surface area is 185 Å². The molecule has 3 nitrogen and oxygen atoms in total. The van der Waals surface area contributed by atoms with E-state index in [-0.39, 0.29) is 11.4 Å². The van der Waals surface area contributed by atoms with Crippen LogP contribution in [0, 0.1) is 12.7 Å². The van der Waals surface area contributed by atoms with Crippen LogP contribution in [0.3, 0.4) is 0 Å². The highest BCUT2D eigenvalue weighted by Crippen LogP contribution is 2.44. The minimum absolute atomic E-state index is 0.240. The van der Waals surface area contributed by atoms with Gasteiger partial charge in [-0.05, 0) is 99.3 Å². The van der Waals surface area contributed by atoms with Crippen molar-refractivity contribution in [2.24, 2.45) is 0 Å². The Hall–Kier alpha value is -2.59. The van der Waals surface area contributed by atoms with E-state index in [2.05, 4.69) is 61.8 Å². The number of nitrogens with zero attached hydrogens (tertiary/aromatic N) is 1. The average molecular weight is 421 g/mol. The molecule has 1 fully saturated rings. The van der Waals surface area contributed by atoms with E-state index in [0.717, 1.165) is 84.7 Å². The summed E-state index contributed by atoms with van der Waals surface area (Å²) in [4.78, 5) is 2.26. The van der Waals surface area contributed by atoms with Crippen LogP contribution in [0.2, 0.25) is 0 Å². The first-order valence-electron chi connectivity index (χ1n) is 11.4. The van der Waals surface area contributed by atoms with Gasteiger partial charge in [0.25, 0.3) is 0 Å². The molecular formula is C27H33FN2O. The Kier molecular flexibility index (Phi) is 6.19. The molecule has 0 aliphatic carbocycles. The van der Waals surface area contributed by atoms with Crippen molar-refractivity contribution in [3.05, 3.63) is 77.1 Å². The van der Waals surface area contributed by atoms with Crippen LogP contribution in [0.25, 0.3) is 11.3 Å². The third kappa shape index (κ3) is 4.27. The van der Waals surface area contributed by atoms with Crippen LogP contribution in [0.15, 0.2) is 49.1 Å². The van der Waals surface area contributed by atoms with E-state index < -0.39 is 0 Å². The zero-order chi connectivity index (χ0) is 22.0. The van der Waals surface area contributed by atoms with Gasteiger partial charge in [0.15, 0.2) is 0 Å². The quantitative estimate of drug-likeness (QED) is 0.663. The largest absolute Gasteiger partial charge is 0.482 e. The number of nitrogens with one attached hydrogen (secondary N) is 1. The lowest BCUT2D eigenvalue weighted by atomic mass is 9.83. The van der Waals surface area contributed by atoms with Gasteiger partial charge in [0.1, 0.15) is 17.2 Å². The summed E-state index contributed by atoms with van der Waals surface area (Å²) in [5.41, 5.74) is 6.02. The molecule has 4 heteroatoms. The summed E-state index contributed by atoms with van der Waals surface area (Å²) in [7, 11) is 0. The SMILES string of the molecule is C=C(c1ccc(C2=CC3(CCCNCC3)Oc3ccc(F)cc32)c(C)c1)N(CC)CC. The van der Waals surface area contributed by atoms with Crippen LogP contribution in [-0.2, 0) is 0 Å². The predicted octanol–water partition coefficient (Wildman–Crippen LogP) is 5.78. The van der Waals surface area contributed by atoms with Crippen molar-refractivity contribution in [2.75, 3.05) is 26.2 Å². The molecular weight excluding hydrogens is 387 g/mol. The monoisotopic (exact) mass is 420 g/mol. The lowest BCUT2D eigenvalue weighted by molar-refractivity contribution is 0.103. The van der Waals surface area contributed by atoms with E-state index in [0.29, 0.717) is 0 Å². The van der Waals surface area contributed by atoms with E-state index in [1.54, 1.807) is 12.1 Å². The fraction of sp³-hybridized carbons (Fsp3) is 0.407. The molecule has 0 bridgehead atoms. The van der Waals surface area contributed by atoms with Crippen molar-refractivity contribution in [3.8, 4) is 5.75 Å². The van der Waals surface area contributed by atoms with Gasteiger partial charge in [-0.1, -0.05) is 18.7 Å². The maximum absolute atomic E-state index is 14.2. The van der Waals surface area contributed by atoms with Gasteiger partial charge in [-0.2, -0.15) is 0 Å². The van der Waals surface area contributed by atoms with E-state index in [4.69, 9.17) is 4.74 Å². The zero-order valence-electron chi connectivity index (χ0n) is 18.9. The summed E-state index contributed by atoms with van der Waals surface area (Å²) in [6.07, 6.45) is 5.17. The highest BCUT2D eigenvalue weighted by molar-refractivity contribution is 5.86. The summed E-state index contributed by atoms with van der Waals surface area (Å²) in [6, 6.07) is 11.4. The summed E-state index contributed by atoms with van der Waals surface area (Å²) < 4.78 is 20.7. The summed E-state index contributed by atoms with van der Waals surface area (Å²) in [5.74, 6) is 0.535. The van der Waals surface area contributed by atoms with Crippen molar-refractivity contribution < 1.29 is 9.13 Å². The molecule has 1 unspecified atom stereocenters. The van der Waals surface area contributed by atoms with E-state index in [1.807, 2.05) is 0 Å². The fourth-order valence-corrected chi connectivity index (χ4v) is 4.86. The second kappa shape index (κ2) is 8.88. The van der Waals surface area contributed by atoms with E-state index in [1.165, 1.54) is 6.07 Å².